The summed E-state index contributed by atoms with van der Waals surface area (Å²) in [6.45, 7) is 15.8. The maximum Gasteiger partial charge on any atom is 0.410 e. The second-order valence-electron chi connectivity index (χ2n) is 8.72. The highest BCUT2D eigenvalue weighted by molar-refractivity contribution is 14.0. The first-order valence-corrected chi connectivity index (χ1v) is 10.8. The van der Waals surface area contributed by atoms with Gasteiger partial charge in [0.05, 0.1) is 5.69 Å². The number of hydrogen-bond acceptors (Lipinski definition) is 6. The van der Waals surface area contributed by atoms with Crippen molar-refractivity contribution >= 4 is 36.0 Å². The van der Waals surface area contributed by atoms with Crippen LogP contribution in [0.2, 0.25) is 0 Å². The molecule has 1 aromatic rings. The van der Waals surface area contributed by atoms with E-state index < -0.39 is 5.60 Å². The summed E-state index contributed by atoms with van der Waals surface area (Å²) in [4.78, 5) is 23.3. The van der Waals surface area contributed by atoms with Gasteiger partial charge >= 0.3 is 6.09 Å². The Bertz CT molecular complexity index is 669. The molecule has 1 aliphatic rings. The number of hydrogen-bond donors (Lipinski definition) is 1. The Kier molecular flexibility index (Phi) is 11.6. The average molecular weight is 550 g/mol. The van der Waals surface area contributed by atoms with E-state index in [-0.39, 0.29) is 36.1 Å². The van der Waals surface area contributed by atoms with Crippen molar-refractivity contribution in [1.82, 2.24) is 25.2 Å². The average Bonchev–Trinajstić information content (AvgIpc) is 3.19. The normalized spacial score (nSPS) is 16.5. The Hall–Kier alpha value is -1.56. The largest absolute Gasteiger partial charge is 0.444 e. The molecule has 0 aliphatic carbocycles. The van der Waals surface area contributed by atoms with E-state index >= 15 is 0 Å². The molecule has 1 atom stereocenters. The number of aliphatic imine (C=N–C) groups is 1. The molecule has 10 heteroatoms. The third-order valence-corrected chi connectivity index (χ3v) is 5.03. The fraction of sp³-hybridized carbons (Fsp3) is 0.762. The number of carbonyl (C=O) groups excluding carboxylic acids is 1. The standard InChI is InChI=1S/C21H38N6O3.HI/c1-7-22-19(23-10-8-17(2)25(6)20(28)30-21(3,4)5)27-13-11-26(12-14-27)16-18-9-15-29-24-18;/h9,15,17H,7-8,10-14,16H2,1-6H3,(H,22,23);1H. The van der Waals surface area contributed by atoms with Crippen LogP contribution in [0.25, 0.3) is 0 Å². The zero-order chi connectivity index (χ0) is 22.1. The molecule has 0 radical (unpaired) electrons. The van der Waals surface area contributed by atoms with Gasteiger partial charge in [-0.3, -0.25) is 9.89 Å². The number of nitrogens with zero attached hydrogens (tertiary/aromatic N) is 5. The summed E-state index contributed by atoms with van der Waals surface area (Å²) in [5, 5.41) is 7.39. The van der Waals surface area contributed by atoms with Crippen molar-refractivity contribution in [2.45, 2.75) is 59.2 Å². The molecular formula is C21H39IN6O3. The molecule has 2 heterocycles. The lowest BCUT2D eigenvalue weighted by Gasteiger charge is -2.36. The second kappa shape index (κ2) is 13.1. The molecular weight excluding hydrogens is 511 g/mol. The van der Waals surface area contributed by atoms with Crippen LogP contribution >= 0.6 is 24.0 Å². The van der Waals surface area contributed by atoms with Crippen LogP contribution in [0.4, 0.5) is 4.79 Å². The van der Waals surface area contributed by atoms with Crippen LogP contribution in [0, 0.1) is 0 Å². The Morgan fingerprint density at radius 3 is 2.58 bits per heavy atom. The van der Waals surface area contributed by atoms with Crippen molar-refractivity contribution in [2.24, 2.45) is 4.99 Å². The van der Waals surface area contributed by atoms with Crippen LogP contribution < -0.4 is 5.32 Å². The second-order valence-corrected chi connectivity index (χ2v) is 8.72. The number of nitrogens with one attached hydrogen (secondary N) is 1. The Balaban J connectivity index is 0.00000480. The third kappa shape index (κ3) is 9.63. The van der Waals surface area contributed by atoms with Crippen molar-refractivity contribution in [3.05, 3.63) is 18.0 Å². The molecule has 1 amide bonds. The van der Waals surface area contributed by atoms with Crippen LogP contribution in [-0.4, -0.2) is 89.9 Å². The van der Waals surface area contributed by atoms with Crippen molar-refractivity contribution < 1.29 is 14.1 Å². The van der Waals surface area contributed by atoms with Crippen molar-refractivity contribution in [1.29, 1.82) is 0 Å². The molecule has 0 aromatic carbocycles. The van der Waals surface area contributed by atoms with Gasteiger partial charge in [0.25, 0.3) is 0 Å². The topological polar surface area (TPSA) is 86.4 Å². The van der Waals surface area contributed by atoms with Gasteiger partial charge < -0.3 is 24.4 Å². The number of carbonyl (C=O) groups is 1. The monoisotopic (exact) mass is 550 g/mol. The Labute approximate surface area is 203 Å². The number of ether oxygens (including phenoxy) is 1. The van der Waals surface area contributed by atoms with E-state index in [1.54, 1.807) is 18.2 Å². The zero-order valence-corrected chi connectivity index (χ0v) is 22.1. The van der Waals surface area contributed by atoms with Gasteiger partial charge in [0.15, 0.2) is 5.96 Å². The summed E-state index contributed by atoms with van der Waals surface area (Å²) >= 11 is 0. The molecule has 1 unspecified atom stereocenters. The summed E-state index contributed by atoms with van der Waals surface area (Å²) in [5.41, 5.74) is 0.476. The van der Waals surface area contributed by atoms with E-state index in [4.69, 9.17) is 14.3 Å². The van der Waals surface area contributed by atoms with Gasteiger partial charge in [0.1, 0.15) is 11.9 Å². The van der Waals surface area contributed by atoms with Gasteiger partial charge in [0, 0.05) is 65.0 Å². The molecule has 1 aromatic heterocycles. The Morgan fingerprint density at radius 1 is 1.35 bits per heavy atom. The van der Waals surface area contributed by atoms with Gasteiger partial charge in [-0.2, -0.15) is 0 Å². The highest BCUT2D eigenvalue weighted by Crippen LogP contribution is 2.12. The van der Waals surface area contributed by atoms with Crippen LogP contribution in [-0.2, 0) is 11.3 Å². The third-order valence-electron chi connectivity index (χ3n) is 5.03. The number of aromatic nitrogens is 1. The van der Waals surface area contributed by atoms with E-state index in [1.807, 2.05) is 33.8 Å². The Morgan fingerprint density at radius 2 is 2.03 bits per heavy atom. The molecule has 178 valence electrons. The molecule has 1 aliphatic heterocycles. The highest BCUT2D eigenvalue weighted by Gasteiger charge is 2.23. The van der Waals surface area contributed by atoms with Crippen LogP contribution in [0.1, 0.15) is 46.7 Å². The molecule has 0 spiro atoms. The minimum Gasteiger partial charge on any atom is -0.444 e. The van der Waals surface area contributed by atoms with E-state index in [0.717, 1.165) is 57.3 Å². The smallest absolute Gasteiger partial charge is 0.410 e. The summed E-state index contributed by atoms with van der Waals surface area (Å²) < 4.78 is 10.4. The predicted octanol–water partition coefficient (Wildman–Crippen LogP) is 3.02. The van der Waals surface area contributed by atoms with Crippen molar-refractivity contribution in [3.63, 3.8) is 0 Å². The number of halogens is 1. The zero-order valence-electron chi connectivity index (χ0n) is 19.8. The van der Waals surface area contributed by atoms with Crippen LogP contribution in [0.5, 0.6) is 0 Å². The number of amides is 1. The minimum atomic E-state index is -0.489. The quantitative estimate of drug-likeness (QED) is 0.318. The summed E-state index contributed by atoms with van der Waals surface area (Å²) in [5.74, 6) is 0.936. The lowest BCUT2D eigenvalue weighted by atomic mass is 10.2. The maximum atomic E-state index is 12.2. The van der Waals surface area contributed by atoms with Crippen LogP contribution in [0.15, 0.2) is 21.8 Å². The van der Waals surface area contributed by atoms with Crippen molar-refractivity contribution in [2.75, 3.05) is 46.3 Å². The summed E-state index contributed by atoms with van der Waals surface area (Å²) in [7, 11) is 1.78. The predicted molar refractivity (Wildman–Crippen MR) is 133 cm³/mol. The van der Waals surface area contributed by atoms with Gasteiger partial charge in [-0.25, -0.2) is 4.79 Å². The van der Waals surface area contributed by atoms with Crippen molar-refractivity contribution in [3.8, 4) is 0 Å². The molecule has 1 saturated heterocycles. The van der Waals surface area contributed by atoms with E-state index in [0.29, 0.717) is 6.54 Å². The van der Waals surface area contributed by atoms with Crippen LogP contribution in [0.3, 0.4) is 0 Å². The lowest BCUT2D eigenvalue weighted by molar-refractivity contribution is 0.0231. The lowest BCUT2D eigenvalue weighted by Crippen LogP contribution is -2.52. The molecule has 2 rings (SSSR count). The first-order valence-electron chi connectivity index (χ1n) is 10.8. The molecule has 1 N–H and O–H groups in total. The van der Waals surface area contributed by atoms with E-state index in [1.165, 1.54) is 0 Å². The fourth-order valence-corrected chi connectivity index (χ4v) is 3.16. The molecule has 9 nitrogen and oxygen atoms in total. The van der Waals surface area contributed by atoms with Gasteiger partial charge in [-0.15, -0.1) is 24.0 Å². The maximum absolute atomic E-state index is 12.2. The molecule has 31 heavy (non-hydrogen) atoms. The van der Waals surface area contributed by atoms with Gasteiger partial charge in [-0.05, 0) is 41.0 Å². The molecule has 1 fully saturated rings. The highest BCUT2D eigenvalue weighted by atomic mass is 127. The van der Waals surface area contributed by atoms with E-state index in [2.05, 4.69) is 27.2 Å². The first kappa shape index (κ1) is 27.5. The van der Waals surface area contributed by atoms with Gasteiger partial charge in [-0.1, -0.05) is 5.16 Å². The molecule has 0 bridgehead atoms. The van der Waals surface area contributed by atoms with Gasteiger partial charge in [0.2, 0.25) is 0 Å². The summed E-state index contributed by atoms with van der Waals surface area (Å²) in [6.07, 6.45) is 2.09. The SMILES string of the molecule is CCNC(=NCCC(C)N(C)C(=O)OC(C)(C)C)N1CCN(Cc2ccon2)CC1.I. The van der Waals surface area contributed by atoms with E-state index in [9.17, 15) is 4.79 Å². The fourth-order valence-electron chi connectivity index (χ4n) is 3.16. The minimum absolute atomic E-state index is 0. The number of rotatable bonds is 7. The number of piperazine rings is 1. The summed E-state index contributed by atoms with van der Waals surface area (Å²) in [6, 6.07) is 1.96. The number of guanidine groups is 1. The first-order chi connectivity index (χ1) is 14.2. The molecule has 0 saturated carbocycles.